The molecule has 0 radical (unpaired) electrons. The van der Waals surface area contributed by atoms with Crippen molar-refractivity contribution in [1.29, 1.82) is 0 Å². The Balaban J connectivity index is 4.28. The van der Waals surface area contributed by atoms with Crippen molar-refractivity contribution in [3.8, 4) is 0 Å². The zero-order valence-electron chi connectivity index (χ0n) is 7.35. The van der Waals surface area contributed by atoms with Crippen LogP contribution in [0.3, 0.4) is 0 Å². The molecule has 0 rings (SSSR count). The third-order valence-corrected chi connectivity index (χ3v) is 1.93. The summed E-state index contributed by atoms with van der Waals surface area (Å²) in [5, 5.41) is -4.97. The number of esters is 1. The van der Waals surface area contributed by atoms with Gasteiger partial charge in [-0.25, -0.2) is 4.79 Å². The number of halogens is 2. The van der Waals surface area contributed by atoms with E-state index in [1.54, 1.807) is 0 Å². The van der Waals surface area contributed by atoms with Crippen LogP contribution in [0.4, 0.5) is 8.78 Å². The van der Waals surface area contributed by atoms with Crippen LogP contribution in [0.25, 0.3) is 0 Å². The van der Waals surface area contributed by atoms with Crippen molar-refractivity contribution >= 4 is 16.1 Å². The van der Waals surface area contributed by atoms with Gasteiger partial charge in [-0.1, -0.05) is 6.58 Å². The first-order chi connectivity index (χ1) is 6.73. The van der Waals surface area contributed by atoms with Crippen molar-refractivity contribution in [2.24, 2.45) is 0 Å². The van der Waals surface area contributed by atoms with Crippen LogP contribution in [-0.4, -0.2) is 37.4 Å². The van der Waals surface area contributed by atoms with Gasteiger partial charge >= 0.3 is 21.3 Å². The highest BCUT2D eigenvalue weighted by Gasteiger charge is 2.54. The first-order valence-electron chi connectivity index (χ1n) is 3.48. The second-order valence-electron chi connectivity index (χ2n) is 2.17. The standard InChI is InChI=1S/C6H8F2O6S/c1-2-13-3-4-14-5(9)6(7,8)15(10,11)12/h2H,1,3-4H2,(H,10,11,12). The van der Waals surface area contributed by atoms with E-state index in [2.05, 4.69) is 16.1 Å². The highest BCUT2D eigenvalue weighted by atomic mass is 32.2. The normalized spacial score (nSPS) is 11.9. The molecule has 0 heterocycles. The maximum Gasteiger partial charge on any atom is 0.465 e. The molecule has 88 valence electrons. The van der Waals surface area contributed by atoms with Crippen molar-refractivity contribution in [2.45, 2.75) is 5.25 Å². The monoisotopic (exact) mass is 246 g/mol. The van der Waals surface area contributed by atoms with Crippen LogP contribution in [0.1, 0.15) is 0 Å². The number of carbonyl (C=O) groups is 1. The molecule has 0 aliphatic rings. The molecule has 0 fully saturated rings. The number of ether oxygens (including phenoxy) is 2. The molecule has 0 atom stereocenters. The number of hydrogen-bond acceptors (Lipinski definition) is 5. The van der Waals surface area contributed by atoms with Crippen LogP contribution in [-0.2, 0) is 24.4 Å². The van der Waals surface area contributed by atoms with E-state index in [4.69, 9.17) is 4.55 Å². The first-order valence-corrected chi connectivity index (χ1v) is 4.92. The fourth-order valence-electron chi connectivity index (χ4n) is 0.455. The van der Waals surface area contributed by atoms with Crippen LogP contribution in [0.2, 0.25) is 0 Å². The largest absolute Gasteiger partial charge is 0.498 e. The van der Waals surface area contributed by atoms with Crippen LogP contribution >= 0.6 is 0 Å². The summed E-state index contributed by atoms with van der Waals surface area (Å²) in [7, 11) is -5.81. The number of hydrogen-bond donors (Lipinski definition) is 1. The van der Waals surface area contributed by atoms with E-state index in [0.717, 1.165) is 6.26 Å². The lowest BCUT2D eigenvalue weighted by Crippen LogP contribution is -2.39. The third kappa shape index (κ3) is 3.80. The minimum Gasteiger partial charge on any atom is -0.498 e. The highest BCUT2D eigenvalue weighted by molar-refractivity contribution is 7.87. The van der Waals surface area contributed by atoms with Gasteiger partial charge in [0.15, 0.2) is 0 Å². The van der Waals surface area contributed by atoms with Gasteiger partial charge in [-0.3, -0.25) is 4.55 Å². The Morgan fingerprint density at radius 2 is 2.00 bits per heavy atom. The Morgan fingerprint density at radius 3 is 2.40 bits per heavy atom. The molecule has 0 amide bonds. The predicted octanol–water partition coefficient (Wildman–Crippen LogP) is 0.170. The molecule has 0 spiro atoms. The summed E-state index contributed by atoms with van der Waals surface area (Å²) in [6.07, 6.45) is 0.981. The zero-order valence-corrected chi connectivity index (χ0v) is 8.17. The first kappa shape index (κ1) is 13.8. The van der Waals surface area contributed by atoms with E-state index in [9.17, 15) is 22.0 Å². The summed E-state index contributed by atoms with van der Waals surface area (Å²) >= 11 is 0. The Bertz CT molecular complexity index is 336. The molecule has 0 aliphatic heterocycles. The van der Waals surface area contributed by atoms with Crippen molar-refractivity contribution in [2.75, 3.05) is 13.2 Å². The molecular weight excluding hydrogens is 238 g/mol. The Hall–Kier alpha value is -1.22. The van der Waals surface area contributed by atoms with E-state index >= 15 is 0 Å². The van der Waals surface area contributed by atoms with Crippen molar-refractivity contribution in [3.63, 3.8) is 0 Å². The van der Waals surface area contributed by atoms with E-state index < -0.39 is 27.9 Å². The molecular formula is C6H8F2O6S. The number of rotatable bonds is 6. The van der Waals surface area contributed by atoms with Crippen LogP contribution in [0.5, 0.6) is 0 Å². The van der Waals surface area contributed by atoms with Crippen molar-refractivity contribution in [1.82, 2.24) is 0 Å². The molecule has 0 aromatic heterocycles. The van der Waals surface area contributed by atoms with Crippen LogP contribution in [0.15, 0.2) is 12.8 Å². The van der Waals surface area contributed by atoms with Gasteiger partial charge in [0.1, 0.15) is 13.2 Å². The van der Waals surface area contributed by atoms with Crippen molar-refractivity contribution < 1.29 is 36.0 Å². The summed E-state index contributed by atoms with van der Waals surface area (Å²) in [6.45, 7) is 2.28. The summed E-state index contributed by atoms with van der Waals surface area (Å²) in [6, 6.07) is 0. The zero-order chi connectivity index (χ0) is 12.1. The van der Waals surface area contributed by atoms with E-state index in [0.29, 0.717) is 0 Å². The number of carbonyl (C=O) groups excluding carboxylic acids is 1. The van der Waals surface area contributed by atoms with Gasteiger partial charge in [-0.2, -0.15) is 17.2 Å². The van der Waals surface area contributed by atoms with Crippen molar-refractivity contribution in [3.05, 3.63) is 12.8 Å². The molecule has 9 heteroatoms. The second kappa shape index (κ2) is 5.03. The van der Waals surface area contributed by atoms with E-state index in [1.807, 2.05) is 0 Å². The van der Waals surface area contributed by atoms with Crippen LogP contribution in [0, 0.1) is 0 Å². The Morgan fingerprint density at radius 1 is 1.47 bits per heavy atom. The molecule has 0 aromatic rings. The lowest BCUT2D eigenvalue weighted by molar-refractivity contribution is -0.162. The SMILES string of the molecule is C=COCCOC(=O)C(F)(F)S(=O)(=O)O. The molecule has 0 aromatic carbocycles. The van der Waals surface area contributed by atoms with Gasteiger partial charge in [-0.15, -0.1) is 0 Å². The quantitative estimate of drug-likeness (QED) is 0.311. The molecule has 0 saturated carbocycles. The fraction of sp³-hybridized carbons (Fsp3) is 0.500. The maximum absolute atomic E-state index is 12.5. The fourth-order valence-corrected chi connectivity index (χ4v) is 0.725. The second-order valence-corrected chi connectivity index (χ2v) is 3.63. The summed E-state index contributed by atoms with van der Waals surface area (Å²) in [5.41, 5.74) is 0. The molecule has 0 saturated heterocycles. The Labute approximate surface area is 84.2 Å². The lowest BCUT2D eigenvalue weighted by Gasteiger charge is -2.11. The minimum atomic E-state index is -5.81. The van der Waals surface area contributed by atoms with Gasteiger partial charge in [0.25, 0.3) is 0 Å². The minimum absolute atomic E-state index is 0.253. The molecule has 6 nitrogen and oxygen atoms in total. The van der Waals surface area contributed by atoms with E-state index in [-0.39, 0.29) is 6.61 Å². The topological polar surface area (TPSA) is 89.9 Å². The van der Waals surface area contributed by atoms with Gasteiger partial charge in [0.2, 0.25) is 0 Å². The number of alkyl halides is 2. The van der Waals surface area contributed by atoms with E-state index in [1.165, 1.54) is 0 Å². The summed E-state index contributed by atoms with van der Waals surface area (Å²) in [5.74, 6) is -2.36. The molecule has 0 bridgehead atoms. The summed E-state index contributed by atoms with van der Waals surface area (Å²) < 4.78 is 61.2. The maximum atomic E-state index is 12.5. The molecule has 0 aliphatic carbocycles. The average molecular weight is 246 g/mol. The Kier molecular flexibility index (Phi) is 4.62. The summed E-state index contributed by atoms with van der Waals surface area (Å²) in [4.78, 5) is 10.5. The third-order valence-electron chi connectivity index (χ3n) is 1.11. The molecule has 1 N–H and O–H groups in total. The average Bonchev–Trinajstić information content (AvgIpc) is 2.10. The van der Waals surface area contributed by atoms with Gasteiger partial charge < -0.3 is 9.47 Å². The van der Waals surface area contributed by atoms with Gasteiger partial charge in [0, 0.05) is 0 Å². The lowest BCUT2D eigenvalue weighted by atomic mass is 10.7. The molecule has 15 heavy (non-hydrogen) atoms. The highest BCUT2D eigenvalue weighted by Crippen LogP contribution is 2.21. The predicted molar refractivity (Wildman–Crippen MR) is 43.6 cm³/mol. The van der Waals surface area contributed by atoms with Gasteiger partial charge in [0.05, 0.1) is 6.26 Å². The smallest absolute Gasteiger partial charge is 0.465 e. The molecule has 0 unspecified atom stereocenters. The van der Waals surface area contributed by atoms with Crippen LogP contribution < -0.4 is 0 Å². The van der Waals surface area contributed by atoms with Gasteiger partial charge in [-0.05, 0) is 0 Å².